The first-order chi connectivity index (χ1) is 12.0. The molecular weight excluding hydrogens is 497 g/mol. The molecule has 154 valence electrons. The minimum Gasteiger partial charge on any atom is -0.357 e. The first-order valence-corrected chi connectivity index (χ1v) is 11.0. The van der Waals surface area contributed by atoms with Gasteiger partial charge in [-0.3, -0.25) is 4.99 Å². The van der Waals surface area contributed by atoms with E-state index in [4.69, 9.17) is 16.6 Å². The van der Waals surface area contributed by atoms with Crippen LogP contribution in [0, 0.1) is 0 Å². The molecule has 0 aliphatic carbocycles. The number of hydrogen-bond donors (Lipinski definition) is 1. The Morgan fingerprint density at radius 3 is 2.41 bits per heavy atom. The minimum absolute atomic E-state index is 0. The van der Waals surface area contributed by atoms with E-state index in [-0.39, 0.29) is 35.1 Å². The normalized spacial score (nSPS) is 19.3. The summed E-state index contributed by atoms with van der Waals surface area (Å²) in [6, 6.07) is 7.85. The summed E-state index contributed by atoms with van der Waals surface area (Å²) in [6.07, 6.45) is 0. The lowest BCUT2D eigenvalue weighted by Gasteiger charge is -2.39. The van der Waals surface area contributed by atoms with Gasteiger partial charge in [0.1, 0.15) is 0 Å². The molecule has 0 bridgehead atoms. The molecule has 1 N–H and O–H groups in total. The third-order valence-electron chi connectivity index (χ3n) is 4.93. The molecule has 1 fully saturated rings. The molecule has 0 saturated carbocycles. The number of guanidine groups is 1. The van der Waals surface area contributed by atoms with Crippen molar-refractivity contribution in [2.24, 2.45) is 4.99 Å². The first kappa shape index (κ1) is 24.5. The van der Waals surface area contributed by atoms with Crippen LogP contribution < -0.4 is 5.32 Å². The number of sulfone groups is 1. The highest BCUT2D eigenvalue weighted by Gasteiger charge is 2.41. The van der Waals surface area contributed by atoms with Crippen LogP contribution in [-0.2, 0) is 15.3 Å². The second-order valence-electron chi connectivity index (χ2n) is 8.06. The largest absolute Gasteiger partial charge is 0.357 e. The molecule has 1 aromatic carbocycles. The number of nitrogens with zero attached hydrogens (tertiary/aromatic N) is 2. The predicted octanol–water partition coefficient (Wildman–Crippen LogP) is 3.71. The van der Waals surface area contributed by atoms with Crippen molar-refractivity contribution in [2.75, 3.05) is 31.9 Å². The molecule has 1 heterocycles. The maximum atomic E-state index is 12.3. The van der Waals surface area contributed by atoms with Gasteiger partial charge in [0.2, 0.25) is 0 Å². The molecule has 1 saturated heterocycles. The fourth-order valence-electron chi connectivity index (χ4n) is 3.02. The van der Waals surface area contributed by atoms with Gasteiger partial charge in [-0.2, -0.15) is 0 Å². The van der Waals surface area contributed by atoms with Crippen LogP contribution in [0.25, 0.3) is 0 Å². The van der Waals surface area contributed by atoms with Gasteiger partial charge in [-0.15, -0.1) is 24.0 Å². The first-order valence-electron chi connectivity index (χ1n) is 9.00. The molecule has 8 heteroatoms. The topological polar surface area (TPSA) is 61.8 Å². The molecule has 1 aliphatic rings. The summed E-state index contributed by atoms with van der Waals surface area (Å²) in [5, 5.41) is 4.03. The Labute approximate surface area is 185 Å². The number of aliphatic imine (C=N–C) groups is 1. The van der Waals surface area contributed by atoms with Gasteiger partial charge in [-0.05, 0) is 38.5 Å². The quantitative estimate of drug-likeness (QED) is 0.368. The average molecular weight is 528 g/mol. The zero-order chi connectivity index (χ0) is 19.6. The van der Waals surface area contributed by atoms with Gasteiger partial charge in [-0.25, -0.2) is 8.42 Å². The highest BCUT2D eigenvalue weighted by Crippen LogP contribution is 2.26. The fraction of sp³-hybridized carbons (Fsp3) is 0.632. The Morgan fingerprint density at radius 1 is 1.30 bits per heavy atom. The highest BCUT2D eigenvalue weighted by atomic mass is 127. The van der Waals surface area contributed by atoms with Crippen LogP contribution in [0.15, 0.2) is 29.3 Å². The summed E-state index contributed by atoms with van der Waals surface area (Å²) in [5.41, 5.74) is 1.02. The zero-order valence-corrected chi connectivity index (χ0v) is 20.7. The van der Waals surface area contributed by atoms with Crippen LogP contribution in [0.4, 0.5) is 0 Å². The van der Waals surface area contributed by atoms with Crippen LogP contribution in [-0.4, -0.2) is 56.0 Å². The summed E-state index contributed by atoms with van der Waals surface area (Å²) in [5.74, 6) is 0.933. The van der Waals surface area contributed by atoms with Gasteiger partial charge < -0.3 is 10.2 Å². The van der Waals surface area contributed by atoms with E-state index in [0.717, 1.165) is 17.5 Å². The lowest BCUT2D eigenvalue weighted by Crippen LogP contribution is -2.57. The van der Waals surface area contributed by atoms with Gasteiger partial charge in [0.15, 0.2) is 15.8 Å². The molecule has 2 rings (SSSR count). The average Bonchev–Trinajstić information content (AvgIpc) is 2.54. The number of rotatable bonds is 4. The molecule has 5 nitrogen and oxygen atoms in total. The Morgan fingerprint density at radius 2 is 1.89 bits per heavy atom. The molecule has 0 radical (unpaired) electrons. The van der Waals surface area contributed by atoms with E-state index < -0.39 is 14.6 Å². The molecule has 0 atom stereocenters. The number of hydrogen-bond acceptors (Lipinski definition) is 3. The molecule has 0 amide bonds. The third kappa shape index (κ3) is 5.97. The van der Waals surface area contributed by atoms with E-state index in [1.807, 2.05) is 31.2 Å². The van der Waals surface area contributed by atoms with Crippen LogP contribution in [0.1, 0.15) is 40.2 Å². The summed E-state index contributed by atoms with van der Waals surface area (Å²) in [4.78, 5) is 6.88. The summed E-state index contributed by atoms with van der Waals surface area (Å²) >= 11 is 5.99. The van der Waals surface area contributed by atoms with E-state index in [1.54, 1.807) is 13.8 Å². The molecule has 0 unspecified atom stereocenters. The Bertz CT molecular complexity index is 762. The van der Waals surface area contributed by atoms with E-state index >= 15 is 0 Å². The van der Waals surface area contributed by atoms with Crippen molar-refractivity contribution < 1.29 is 8.42 Å². The lowest BCUT2D eigenvalue weighted by molar-refractivity contribution is 0.352. The van der Waals surface area contributed by atoms with Gasteiger partial charge >= 0.3 is 0 Å². The van der Waals surface area contributed by atoms with Crippen LogP contribution in [0.2, 0.25) is 5.02 Å². The van der Waals surface area contributed by atoms with Crippen molar-refractivity contribution in [3.05, 3.63) is 34.9 Å². The summed E-state index contributed by atoms with van der Waals surface area (Å²) < 4.78 is 23.8. The number of halogens is 2. The summed E-state index contributed by atoms with van der Waals surface area (Å²) in [6.45, 7) is 12.1. The van der Waals surface area contributed by atoms with Crippen molar-refractivity contribution in [3.63, 3.8) is 0 Å². The molecule has 1 aliphatic heterocycles. The van der Waals surface area contributed by atoms with E-state index in [1.165, 1.54) is 5.56 Å². The second-order valence-corrected chi connectivity index (χ2v) is 11.2. The maximum absolute atomic E-state index is 12.3. The van der Waals surface area contributed by atoms with E-state index in [0.29, 0.717) is 19.6 Å². The molecule has 0 spiro atoms. The van der Waals surface area contributed by atoms with Crippen LogP contribution in [0.5, 0.6) is 0 Å². The van der Waals surface area contributed by atoms with Crippen molar-refractivity contribution in [3.8, 4) is 0 Å². The van der Waals surface area contributed by atoms with Crippen LogP contribution >= 0.6 is 35.6 Å². The number of benzene rings is 1. The summed E-state index contributed by atoms with van der Waals surface area (Å²) in [7, 11) is -3.07. The van der Waals surface area contributed by atoms with Gasteiger partial charge in [0, 0.05) is 30.1 Å². The fourth-order valence-corrected chi connectivity index (χ4v) is 4.51. The van der Waals surface area contributed by atoms with E-state index in [9.17, 15) is 8.42 Å². The SMILES string of the molecule is CCNC(=NCC(C)(C)c1ccc(Cl)cc1)N1CCS(=O)(=O)C(C)(C)C1.I. The van der Waals surface area contributed by atoms with Crippen LogP contribution in [0.3, 0.4) is 0 Å². The molecule has 27 heavy (non-hydrogen) atoms. The van der Waals surface area contributed by atoms with Crippen molar-refractivity contribution in [1.82, 2.24) is 10.2 Å². The minimum atomic E-state index is -3.07. The lowest BCUT2D eigenvalue weighted by atomic mass is 9.85. The predicted molar refractivity (Wildman–Crippen MR) is 125 cm³/mol. The molecular formula is C19H31ClIN3O2S. The van der Waals surface area contributed by atoms with Gasteiger partial charge in [0.25, 0.3) is 0 Å². The zero-order valence-electron chi connectivity index (χ0n) is 16.8. The number of nitrogens with one attached hydrogen (secondary N) is 1. The Balaban J connectivity index is 0.00000364. The van der Waals surface area contributed by atoms with Gasteiger partial charge in [-0.1, -0.05) is 37.6 Å². The Hall–Kier alpha value is -0.540. The maximum Gasteiger partial charge on any atom is 0.194 e. The monoisotopic (exact) mass is 527 g/mol. The molecule has 0 aromatic heterocycles. The smallest absolute Gasteiger partial charge is 0.194 e. The van der Waals surface area contributed by atoms with Gasteiger partial charge in [0.05, 0.1) is 17.0 Å². The third-order valence-corrected chi connectivity index (χ3v) is 7.71. The highest BCUT2D eigenvalue weighted by molar-refractivity contribution is 14.0. The van der Waals surface area contributed by atoms with Crippen molar-refractivity contribution in [1.29, 1.82) is 0 Å². The van der Waals surface area contributed by atoms with Crippen molar-refractivity contribution >= 4 is 51.4 Å². The second kappa shape index (κ2) is 9.31. The molecule has 1 aromatic rings. The standard InChI is InChI=1S/C19H30ClN3O2S.HI/c1-6-21-17(23-11-12-26(24,25)19(4,5)14-23)22-13-18(2,3)15-7-9-16(20)10-8-15;/h7-10H,6,11-14H2,1-5H3,(H,21,22);1H. The van der Waals surface area contributed by atoms with Crippen molar-refractivity contribution in [2.45, 2.75) is 44.8 Å². The Kier molecular flexibility index (Phi) is 8.44. The van der Waals surface area contributed by atoms with E-state index in [2.05, 4.69) is 24.1 Å².